The van der Waals surface area contributed by atoms with E-state index in [2.05, 4.69) is 38.0 Å². The van der Waals surface area contributed by atoms with Gasteiger partial charge in [0.1, 0.15) is 6.04 Å². The van der Waals surface area contributed by atoms with Crippen molar-refractivity contribution < 1.29 is 19.1 Å². The molecular weight excluding hydrogens is 538 g/mol. The average molecular weight is 580 g/mol. The van der Waals surface area contributed by atoms with Crippen LogP contribution in [0.1, 0.15) is 48.2 Å². The number of carbonyl (C=O) groups excluding carboxylic acids is 3. The highest BCUT2D eigenvalue weighted by Crippen LogP contribution is 2.36. The van der Waals surface area contributed by atoms with Crippen LogP contribution in [0, 0.1) is 25.2 Å². The predicted molar refractivity (Wildman–Crippen MR) is 160 cm³/mol. The van der Waals surface area contributed by atoms with E-state index in [0.717, 1.165) is 29.0 Å². The van der Waals surface area contributed by atoms with Crippen LogP contribution in [-0.4, -0.2) is 72.5 Å². The van der Waals surface area contributed by atoms with Gasteiger partial charge in [0.05, 0.1) is 17.7 Å². The fourth-order valence-electron chi connectivity index (χ4n) is 6.09. The van der Waals surface area contributed by atoms with E-state index >= 15 is 0 Å². The number of benzene rings is 1. The fraction of sp³-hybridized carbons (Fsp3) is 0.548. The second-order valence-electron chi connectivity index (χ2n) is 11.6. The van der Waals surface area contributed by atoms with Gasteiger partial charge in [-0.3, -0.25) is 19.3 Å². The Morgan fingerprint density at radius 3 is 2.66 bits per heavy atom. The third-order valence-corrected chi connectivity index (χ3v) is 9.73. The number of nitrogens with one attached hydrogen (secondary N) is 3. The summed E-state index contributed by atoms with van der Waals surface area (Å²) in [5.74, 6) is -0.133. The second-order valence-corrected chi connectivity index (χ2v) is 12.8. The van der Waals surface area contributed by atoms with Crippen molar-refractivity contribution in [1.82, 2.24) is 20.5 Å². The van der Waals surface area contributed by atoms with Gasteiger partial charge in [-0.25, -0.2) is 4.98 Å². The molecule has 0 saturated carbocycles. The summed E-state index contributed by atoms with van der Waals surface area (Å²) in [5, 5.41) is 10.0. The van der Waals surface area contributed by atoms with Gasteiger partial charge in [-0.1, -0.05) is 42.5 Å². The van der Waals surface area contributed by atoms with Crippen LogP contribution in [0.2, 0.25) is 0 Å². The van der Waals surface area contributed by atoms with E-state index in [1.165, 1.54) is 11.3 Å². The highest BCUT2D eigenvalue weighted by Gasteiger charge is 2.41. The maximum Gasteiger partial charge on any atom is 0.243 e. The number of hydrogen-bond donors (Lipinski definition) is 3. The zero-order chi connectivity index (χ0) is 28.8. The Bertz CT molecular complexity index is 1240. The number of aromatic nitrogens is 1. The number of thiazole rings is 1. The third kappa shape index (κ3) is 7.42. The Balaban J connectivity index is 1.31. The quantitative estimate of drug-likeness (QED) is 0.469. The van der Waals surface area contributed by atoms with Crippen molar-refractivity contribution in [2.45, 2.75) is 64.5 Å². The Morgan fingerprint density at radius 1 is 1.15 bits per heavy atom. The molecule has 1 spiro atoms. The minimum Gasteiger partial charge on any atom is -0.381 e. The first kappa shape index (κ1) is 29.4. The Morgan fingerprint density at radius 2 is 1.93 bits per heavy atom. The second kappa shape index (κ2) is 13.3. The fourth-order valence-corrected chi connectivity index (χ4v) is 6.92. The van der Waals surface area contributed by atoms with Crippen molar-refractivity contribution >= 4 is 34.2 Å². The van der Waals surface area contributed by atoms with Crippen LogP contribution >= 0.6 is 11.3 Å². The molecule has 9 nitrogen and oxygen atoms in total. The van der Waals surface area contributed by atoms with Gasteiger partial charge in [0.25, 0.3) is 0 Å². The van der Waals surface area contributed by atoms with Gasteiger partial charge in [-0.2, -0.15) is 0 Å². The number of piperidine rings is 1. The molecule has 1 aromatic carbocycles. The summed E-state index contributed by atoms with van der Waals surface area (Å²) in [6, 6.07) is 9.13. The summed E-state index contributed by atoms with van der Waals surface area (Å²) in [6.07, 6.45) is 8.12. The minimum absolute atomic E-state index is 0.0395. The zero-order valence-corrected chi connectivity index (χ0v) is 24.8. The molecule has 3 aliphatic rings. The Hall–Kier alpha value is -3.08. The number of amides is 3. The Kier molecular flexibility index (Phi) is 9.52. The van der Waals surface area contributed by atoms with Crippen LogP contribution in [0.15, 0.2) is 42.5 Å². The number of aryl methyl sites for hydroxylation is 2. The molecule has 41 heavy (non-hydrogen) atoms. The number of anilines is 1. The zero-order valence-electron chi connectivity index (χ0n) is 24.0. The Labute approximate surface area is 246 Å². The normalized spacial score (nSPS) is 26.1. The van der Waals surface area contributed by atoms with Gasteiger partial charge in [0.15, 0.2) is 5.13 Å². The summed E-state index contributed by atoms with van der Waals surface area (Å²) >= 11 is 1.49. The van der Waals surface area contributed by atoms with Crippen LogP contribution in [0.4, 0.5) is 5.13 Å². The van der Waals surface area contributed by atoms with Crippen LogP contribution in [0.3, 0.4) is 0 Å². The number of hydrogen-bond acceptors (Lipinski definition) is 7. The van der Waals surface area contributed by atoms with E-state index in [1.54, 1.807) is 0 Å². The highest BCUT2D eigenvalue weighted by atomic mass is 32.1. The van der Waals surface area contributed by atoms with Crippen LogP contribution in [-0.2, 0) is 25.5 Å². The molecule has 2 aromatic rings. The van der Waals surface area contributed by atoms with Gasteiger partial charge in [0.2, 0.25) is 17.7 Å². The SMILES string of the molecule is Cc1nc(NC(=O)CN2CC[C@H]3NC(=O)[C@@H](Cc4ccccc4)NC(=O)C4(C/C=C/C[C@@H]3C2)CCOCC4)sc1C. The van der Waals surface area contributed by atoms with Crippen molar-refractivity contribution in [3.8, 4) is 0 Å². The highest BCUT2D eigenvalue weighted by molar-refractivity contribution is 7.15. The molecule has 0 aliphatic carbocycles. The molecule has 0 unspecified atom stereocenters. The first-order valence-electron chi connectivity index (χ1n) is 14.7. The third-order valence-electron chi connectivity index (χ3n) is 8.74. The molecule has 3 aliphatic heterocycles. The number of allylic oxidation sites excluding steroid dienone is 2. The maximum atomic E-state index is 13.7. The smallest absolute Gasteiger partial charge is 0.243 e. The van der Waals surface area contributed by atoms with Crippen molar-refractivity contribution in [3.63, 3.8) is 0 Å². The topological polar surface area (TPSA) is 113 Å². The molecule has 3 N–H and O–H groups in total. The van der Waals surface area contributed by atoms with Crippen LogP contribution in [0.5, 0.6) is 0 Å². The average Bonchev–Trinajstić information content (AvgIpc) is 3.28. The maximum absolute atomic E-state index is 13.7. The van der Waals surface area contributed by atoms with Gasteiger partial charge >= 0.3 is 0 Å². The van der Waals surface area contributed by atoms with Gasteiger partial charge in [-0.05, 0) is 57.4 Å². The number of nitrogens with zero attached hydrogens (tertiary/aromatic N) is 2. The summed E-state index contributed by atoms with van der Waals surface area (Å²) < 4.78 is 5.60. The first-order valence-corrected chi connectivity index (χ1v) is 15.5. The monoisotopic (exact) mass is 579 g/mol. The van der Waals surface area contributed by atoms with Gasteiger partial charge in [0, 0.05) is 43.6 Å². The number of rotatable bonds is 5. The molecular formula is C31H41N5O4S. The van der Waals surface area contributed by atoms with E-state index in [4.69, 9.17) is 4.74 Å². The molecule has 3 amide bonds. The molecule has 0 bridgehead atoms. The van der Waals surface area contributed by atoms with Crippen LogP contribution < -0.4 is 16.0 Å². The van der Waals surface area contributed by atoms with E-state index in [9.17, 15) is 14.4 Å². The largest absolute Gasteiger partial charge is 0.381 e. The molecule has 1 aromatic heterocycles. The molecule has 220 valence electrons. The lowest BCUT2D eigenvalue weighted by molar-refractivity contribution is -0.140. The molecule has 10 heteroatoms. The van der Waals surface area contributed by atoms with Crippen molar-refractivity contribution in [2.24, 2.45) is 11.3 Å². The van der Waals surface area contributed by atoms with Gasteiger partial charge < -0.3 is 20.7 Å². The minimum atomic E-state index is -0.664. The summed E-state index contributed by atoms with van der Waals surface area (Å²) in [6.45, 7) is 6.71. The number of likely N-dealkylation sites (tertiary alicyclic amines) is 1. The molecule has 3 atom stereocenters. The van der Waals surface area contributed by atoms with E-state index < -0.39 is 11.5 Å². The summed E-state index contributed by atoms with van der Waals surface area (Å²) in [5.41, 5.74) is 1.36. The lowest BCUT2D eigenvalue weighted by Gasteiger charge is -2.40. The lowest BCUT2D eigenvalue weighted by atomic mass is 9.75. The molecule has 5 rings (SSSR count). The number of fused-ring (bicyclic) bond motifs is 1. The van der Waals surface area contributed by atoms with Crippen molar-refractivity contribution in [2.75, 3.05) is 38.2 Å². The standard InChI is InChI=1S/C31H41N5O4S/c1-21-22(2)41-30(32-21)35-27(37)20-36-15-11-25-24(19-36)10-6-7-12-31(13-16-40-17-14-31)29(39)34-26(28(38)33-25)18-23-8-4-3-5-9-23/h3-9,24-26H,10-20H2,1-2H3,(H,33,38)(H,34,39)(H,32,35,37)/b7-6+/t24-,25-,26-/m1/s1. The molecule has 4 heterocycles. The van der Waals surface area contributed by atoms with E-state index in [-0.39, 0.29) is 36.2 Å². The summed E-state index contributed by atoms with van der Waals surface area (Å²) in [4.78, 5) is 48.0. The number of carbonyl (C=O) groups is 3. The lowest BCUT2D eigenvalue weighted by Crippen LogP contribution is -2.58. The number of ether oxygens (including phenoxy) is 1. The van der Waals surface area contributed by atoms with E-state index in [1.807, 2.05) is 44.2 Å². The van der Waals surface area contributed by atoms with Crippen molar-refractivity contribution in [1.29, 1.82) is 0 Å². The molecule has 2 fully saturated rings. The van der Waals surface area contributed by atoms with Gasteiger partial charge in [-0.15, -0.1) is 11.3 Å². The van der Waals surface area contributed by atoms with E-state index in [0.29, 0.717) is 57.1 Å². The first-order chi connectivity index (χ1) is 19.8. The predicted octanol–water partition coefficient (Wildman–Crippen LogP) is 3.38. The van der Waals surface area contributed by atoms with Crippen molar-refractivity contribution in [3.05, 3.63) is 58.6 Å². The molecule has 0 radical (unpaired) electrons. The summed E-state index contributed by atoms with van der Waals surface area (Å²) in [7, 11) is 0. The molecule has 2 saturated heterocycles. The van der Waals surface area contributed by atoms with Crippen LogP contribution in [0.25, 0.3) is 0 Å².